The third-order valence-corrected chi connectivity index (χ3v) is 6.00. The van der Waals surface area contributed by atoms with Gasteiger partial charge in [0.25, 0.3) is 0 Å². The summed E-state index contributed by atoms with van der Waals surface area (Å²) in [5.74, 6) is 2.09. The minimum atomic E-state index is -0.179. The van der Waals surface area contributed by atoms with Crippen molar-refractivity contribution in [3.05, 3.63) is 29.8 Å². The zero-order valence-electron chi connectivity index (χ0n) is 17.4. The summed E-state index contributed by atoms with van der Waals surface area (Å²) in [7, 11) is 1.74. The number of benzene rings is 1. The third-order valence-electron chi connectivity index (χ3n) is 6.00. The van der Waals surface area contributed by atoms with Crippen LogP contribution in [0.1, 0.15) is 50.6 Å². The van der Waals surface area contributed by atoms with E-state index in [1.54, 1.807) is 7.11 Å². The van der Waals surface area contributed by atoms with Gasteiger partial charge < -0.3 is 20.5 Å². The minimum absolute atomic E-state index is 0.179. The number of hydrogen-bond donors (Lipinski definition) is 3. The number of guanidine groups is 1. The Bertz CT molecular complexity index is 631. The summed E-state index contributed by atoms with van der Waals surface area (Å²) in [6.07, 6.45) is 5.43. The van der Waals surface area contributed by atoms with Crippen molar-refractivity contribution in [3.8, 4) is 5.75 Å². The molecule has 2 aliphatic rings. The molecule has 1 aliphatic carbocycles. The van der Waals surface area contributed by atoms with Crippen LogP contribution >= 0.6 is 0 Å². The number of ether oxygens (including phenoxy) is 1. The number of para-hydroxylation sites is 1. The maximum Gasteiger partial charge on any atom is 0.191 e. The Balaban J connectivity index is 1.71. The van der Waals surface area contributed by atoms with Gasteiger partial charge in [0.1, 0.15) is 5.75 Å². The Kier molecular flexibility index (Phi) is 7.98. The molecule has 28 heavy (non-hydrogen) atoms. The lowest BCUT2D eigenvalue weighted by molar-refractivity contribution is 0.134. The Morgan fingerprint density at radius 2 is 2.00 bits per heavy atom. The molecule has 1 aromatic carbocycles. The predicted molar refractivity (Wildman–Crippen MR) is 114 cm³/mol. The van der Waals surface area contributed by atoms with Crippen molar-refractivity contribution in [1.82, 2.24) is 15.5 Å². The summed E-state index contributed by atoms with van der Waals surface area (Å²) in [4.78, 5) is 7.43. The summed E-state index contributed by atoms with van der Waals surface area (Å²) >= 11 is 0. The molecule has 3 atom stereocenters. The van der Waals surface area contributed by atoms with E-state index in [2.05, 4.69) is 34.6 Å². The Labute approximate surface area is 169 Å². The van der Waals surface area contributed by atoms with Crippen molar-refractivity contribution in [3.63, 3.8) is 0 Å². The van der Waals surface area contributed by atoms with Gasteiger partial charge in [0.05, 0.1) is 25.8 Å². The Hall–Kier alpha value is -1.79. The summed E-state index contributed by atoms with van der Waals surface area (Å²) in [6, 6.07) is 8.51. The smallest absolute Gasteiger partial charge is 0.191 e. The number of aliphatic hydroxyl groups is 1. The van der Waals surface area contributed by atoms with E-state index in [0.717, 1.165) is 57.2 Å². The number of nitrogens with zero attached hydrogens (tertiary/aromatic N) is 2. The number of aliphatic hydroxyl groups excluding tert-OH is 1. The molecule has 0 spiro atoms. The molecule has 1 saturated carbocycles. The largest absolute Gasteiger partial charge is 0.496 e. The third kappa shape index (κ3) is 5.39. The Morgan fingerprint density at radius 3 is 2.68 bits per heavy atom. The number of aliphatic imine (C=N–C) groups is 1. The molecule has 6 heteroatoms. The van der Waals surface area contributed by atoms with E-state index >= 15 is 0 Å². The average Bonchev–Trinajstić information content (AvgIpc) is 3.38. The highest BCUT2D eigenvalue weighted by atomic mass is 16.5. The number of rotatable bonds is 8. The van der Waals surface area contributed by atoms with Gasteiger partial charge in [-0.05, 0) is 51.8 Å². The van der Waals surface area contributed by atoms with E-state index in [-0.39, 0.29) is 12.1 Å². The fraction of sp³-hybridized carbons (Fsp3) is 0.682. The van der Waals surface area contributed by atoms with E-state index in [1.807, 2.05) is 12.1 Å². The average molecular weight is 389 g/mol. The van der Waals surface area contributed by atoms with Crippen LogP contribution in [-0.2, 0) is 0 Å². The van der Waals surface area contributed by atoms with Crippen LogP contribution in [-0.4, -0.2) is 61.9 Å². The van der Waals surface area contributed by atoms with Gasteiger partial charge in [-0.25, -0.2) is 0 Å². The lowest BCUT2D eigenvalue weighted by atomic mass is 10.0. The molecule has 1 saturated heterocycles. The van der Waals surface area contributed by atoms with E-state index in [1.165, 1.54) is 18.4 Å². The van der Waals surface area contributed by atoms with Crippen molar-refractivity contribution < 1.29 is 9.84 Å². The monoisotopic (exact) mass is 388 g/mol. The zero-order chi connectivity index (χ0) is 19.8. The first-order chi connectivity index (χ1) is 13.7. The maximum absolute atomic E-state index is 10.1. The van der Waals surface area contributed by atoms with Crippen molar-refractivity contribution in [2.24, 2.45) is 10.9 Å². The summed E-state index contributed by atoms with van der Waals surface area (Å²) < 4.78 is 5.63. The summed E-state index contributed by atoms with van der Waals surface area (Å²) in [5.41, 5.74) is 1.21. The molecule has 3 rings (SSSR count). The molecule has 1 heterocycles. The van der Waals surface area contributed by atoms with Gasteiger partial charge in [0, 0.05) is 24.6 Å². The molecular formula is C22H36N4O2. The first kappa shape index (κ1) is 20.9. The molecule has 0 aromatic heterocycles. The van der Waals surface area contributed by atoms with Crippen LogP contribution in [0.15, 0.2) is 29.3 Å². The number of methoxy groups -OCH3 is 1. The van der Waals surface area contributed by atoms with Gasteiger partial charge >= 0.3 is 0 Å². The lowest BCUT2D eigenvalue weighted by Crippen LogP contribution is -2.41. The van der Waals surface area contributed by atoms with Crippen LogP contribution in [0.5, 0.6) is 5.75 Å². The topological polar surface area (TPSA) is 69.1 Å². The van der Waals surface area contributed by atoms with Crippen molar-refractivity contribution >= 4 is 5.96 Å². The molecule has 1 aliphatic heterocycles. The number of nitrogens with one attached hydrogen (secondary N) is 2. The molecule has 2 fully saturated rings. The van der Waals surface area contributed by atoms with E-state index < -0.39 is 0 Å². The summed E-state index contributed by atoms with van der Waals surface area (Å²) in [5, 5.41) is 16.9. The van der Waals surface area contributed by atoms with Gasteiger partial charge in [0.15, 0.2) is 5.96 Å². The van der Waals surface area contributed by atoms with Gasteiger partial charge in [0.2, 0.25) is 0 Å². The molecule has 3 unspecified atom stereocenters. The van der Waals surface area contributed by atoms with Crippen LogP contribution in [0, 0.1) is 5.92 Å². The molecule has 0 amide bonds. The molecule has 0 radical (unpaired) electrons. The molecule has 156 valence electrons. The van der Waals surface area contributed by atoms with E-state index in [0.29, 0.717) is 12.5 Å². The van der Waals surface area contributed by atoms with Gasteiger partial charge in [-0.1, -0.05) is 24.6 Å². The van der Waals surface area contributed by atoms with E-state index in [9.17, 15) is 5.11 Å². The van der Waals surface area contributed by atoms with Gasteiger partial charge in [-0.3, -0.25) is 9.89 Å². The second-order valence-electron chi connectivity index (χ2n) is 7.86. The fourth-order valence-electron chi connectivity index (χ4n) is 4.41. The molecular weight excluding hydrogens is 352 g/mol. The highest BCUT2D eigenvalue weighted by molar-refractivity contribution is 5.79. The molecule has 6 nitrogen and oxygen atoms in total. The second kappa shape index (κ2) is 10.7. The lowest BCUT2D eigenvalue weighted by Gasteiger charge is -2.28. The second-order valence-corrected chi connectivity index (χ2v) is 7.86. The zero-order valence-corrected chi connectivity index (χ0v) is 17.4. The van der Waals surface area contributed by atoms with Crippen LogP contribution in [0.3, 0.4) is 0 Å². The quantitative estimate of drug-likeness (QED) is 0.472. The fourth-order valence-corrected chi connectivity index (χ4v) is 4.41. The normalized spacial score (nSPS) is 24.3. The van der Waals surface area contributed by atoms with Crippen LogP contribution < -0.4 is 15.4 Å². The van der Waals surface area contributed by atoms with Crippen molar-refractivity contribution in [2.45, 2.75) is 51.2 Å². The standard InChI is InChI=1S/C22H36N4O2/c1-3-23-22(24-15-17-9-8-11-20(17)27)25-16-19(26-13-6-7-14-26)18-10-4-5-12-21(18)28-2/h4-5,10,12,17,19-20,27H,3,6-9,11,13-16H2,1-2H3,(H2,23,24,25). The van der Waals surface area contributed by atoms with E-state index in [4.69, 9.17) is 9.73 Å². The summed E-state index contributed by atoms with van der Waals surface area (Å²) in [6.45, 7) is 6.58. The maximum atomic E-state index is 10.1. The molecule has 3 N–H and O–H groups in total. The number of likely N-dealkylation sites (tertiary alicyclic amines) is 1. The molecule has 1 aromatic rings. The molecule has 0 bridgehead atoms. The Morgan fingerprint density at radius 1 is 1.21 bits per heavy atom. The first-order valence-corrected chi connectivity index (χ1v) is 10.8. The highest BCUT2D eigenvalue weighted by Gasteiger charge is 2.27. The van der Waals surface area contributed by atoms with Crippen LogP contribution in [0.2, 0.25) is 0 Å². The van der Waals surface area contributed by atoms with Gasteiger partial charge in [-0.15, -0.1) is 0 Å². The highest BCUT2D eigenvalue weighted by Crippen LogP contribution is 2.32. The number of hydrogen-bond acceptors (Lipinski definition) is 4. The van der Waals surface area contributed by atoms with Crippen molar-refractivity contribution in [2.75, 3.05) is 39.8 Å². The van der Waals surface area contributed by atoms with Crippen molar-refractivity contribution in [1.29, 1.82) is 0 Å². The van der Waals surface area contributed by atoms with Gasteiger partial charge in [-0.2, -0.15) is 0 Å². The minimum Gasteiger partial charge on any atom is -0.496 e. The predicted octanol–water partition coefficient (Wildman–Crippen LogP) is 2.55. The van der Waals surface area contributed by atoms with Crippen LogP contribution in [0.4, 0.5) is 0 Å². The first-order valence-electron chi connectivity index (χ1n) is 10.8. The SMILES string of the molecule is CCNC(=NCC(c1ccccc1OC)N1CCCC1)NCC1CCCC1O. The van der Waals surface area contributed by atoms with Crippen LogP contribution in [0.25, 0.3) is 0 Å².